The van der Waals surface area contributed by atoms with Gasteiger partial charge in [-0.25, -0.2) is 4.98 Å². The summed E-state index contributed by atoms with van der Waals surface area (Å²) in [7, 11) is 0. The van der Waals surface area contributed by atoms with Crippen LogP contribution in [0.3, 0.4) is 0 Å². The molecule has 2 heterocycles. The molecular weight excluding hydrogens is 286 g/mol. The van der Waals surface area contributed by atoms with Crippen LogP contribution in [-0.4, -0.2) is 29.1 Å². The van der Waals surface area contributed by atoms with Crippen molar-refractivity contribution in [2.45, 2.75) is 19.5 Å². The molecule has 0 aromatic carbocycles. The molecule has 0 bridgehead atoms. The van der Waals surface area contributed by atoms with Crippen molar-refractivity contribution in [3.05, 3.63) is 22.3 Å². The Morgan fingerprint density at radius 1 is 1.69 bits per heavy atom. The number of pyridine rings is 1. The quantitative estimate of drug-likeness (QED) is 0.910. The Morgan fingerprint density at radius 2 is 2.50 bits per heavy atom. The highest BCUT2D eigenvalue weighted by molar-refractivity contribution is 9.10. The fourth-order valence-corrected chi connectivity index (χ4v) is 3.32. The molecule has 88 valence electrons. The van der Waals surface area contributed by atoms with E-state index in [2.05, 4.69) is 38.8 Å². The van der Waals surface area contributed by atoms with E-state index in [9.17, 15) is 0 Å². The normalized spacial score (nSPS) is 21.2. The van der Waals surface area contributed by atoms with Gasteiger partial charge in [0.1, 0.15) is 5.82 Å². The van der Waals surface area contributed by atoms with Crippen LogP contribution in [0.1, 0.15) is 12.5 Å². The summed E-state index contributed by atoms with van der Waals surface area (Å²) in [5, 5.41) is 0. The molecule has 0 spiro atoms. The van der Waals surface area contributed by atoms with E-state index in [1.54, 1.807) is 0 Å². The topological polar surface area (TPSA) is 42.2 Å². The maximum absolute atomic E-state index is 5.78. The average Bonchev–Trinajstić information content (AvgIpc) is 2.30. The van der Waals surface area contributed by atoms with Crippen LogP contribution >= 0.6 is 27.7 Å². The van der Waals surface area contributed by atoms with Gasteiger partial charge in [0.2, 0.25) is 0 Å². The Balaban J connectivity index is 2.30. The van der Waals surface area contributed by atoms with E-state index in [0.29, 0.717) is 12.6 Å². The molecule has 1 aromatic rings. The molecule has 1 aromatic heterocycles. The standard InChI is InChI=1S/C11H16BrN3S/c1-8-7-16-3-2-15(8)11-9(5-13)4-10(12)6-14-11/h4,6,8H,2-3,5,7,13H2,1H3. The smallest absolute Gasteiger partial charge is 0.133 e. The van der Waals surface area contributed by atoms with E-state index in [-0.39, 0.29) is 0 Å². The summed E-state index contributed by atoms with van der Waals surface area (Å²) in [5.74, 6) is 3.40. The lowest BCUT2D eigenvalue weighted by Gasteiger charge is -2.35. The molecule has 1 aliphatic heterocycles. The third kappa shape index (κ3) is 2.52. The molecular formula is C11H16BrN3S. The minimum absolute atomic E-state index is 0.540. The molecule has 16 heavy (non-hydrogen) atoms. The van der Waals surface area contributed by atoms with E-state index < -0.39 is 0 Å². The third-order valence-corrected chi connectivity index (χ3v) is 4.39. The number of nitrogens with two attached hydrogens (primary N) is 1. The van der Waals surface area contributed by atoms with Crippen LogP contribution in [0.2, 0.25) is 0 Å². The molecule has 1 aliphatic rings. The van der Waals surface area contributed by atoms with Gasteiger partial charge in [0.15, 0.2) is 0 Å². The number of halogens is 1. The predicted molar refractivity (Wildman–Crippen MR) is 74.0 cm³/mol. The predicted octanol–water partition coefficient (Wildman–Crippen LogP) is 2.24. The van der Waals surface area contributed by atoms with Gasteiger partial charge < -0.3 is 10.6 Å². The first-order valence-corrected chi connectivity index (χ1v) is 7.36. The second-order valence-corrected chi connectivity index (χ2v) is 6.02. The van der Waals surface area contributed by atoms with Crippen LogP contribution in [0.15, 0.2) is 16.7 Å². The van der Waals surface area contributed by atoms with Gasteiger partial charge in [0, 0.05) is 46.9 Å². The first kappa shape index (κ1) is 12.2. The van der Waals surface area contributed by atoms with E-state index in [1.165, 1.54) is 11.5 Å². The van der Waals surface area contributed by atoms with E-state index in [1.807, 2.05) is 18.0 Å². The molecule has 1 saturated heterocycles. The number of hydrogen-bond donors (Lipinski definition) is 1. The summed E-state index contributed by atoms with van der Waals surface area (Å²) in [6.07, 6.45) is 1.85. The molecule has 5 heteroatoms. The molecule has 0 aliphatic carbocycles. The number of anilines is 1. The van der Waals surface area contributed by atoms with Crippen molar-refractivity contribution in [2.75, 3.05) is 23.0 Å². The Labute approximate surface area is 109 Å². The lowest BCUT2D eigenvalue weighted by molar-refractivity contribution is 0.684. The second kappa shape index (κ2) is 5.38. The van der Waals surface area contributed by atoms with Gasteiger partial charge in [-0.1, -0.05) is 0 Å². The van der Waals surface area contributed by atoms with Gasteiger partial charge in [-0.15, -0.1) is 0 Å². The Morgan fingerprint density at radius 3 is 3.19 bits per heavy atom. The maximum Gasteiger partial charge on any atom is 0.133 e. The summed E-state index contributed by atoms with van der Waals surface area (Å²) in [5.41, 5.74) is 6.90. The highest BCUT2D eigenvalue weighted by Gasteiger charge is 2.21. The molecule has 2 rings (SSSR count). The fourth-order valence-electron chi connectivity index (χ4n) is 1.92. The van der Waals surface area contributed by atoms with E-state index >= 15 is 0 Å². The SMILES string of the molecule is CC1CSCCN1c1ncc(Br)cc1CN. The van der Waals surface area contributed by atoms with E-state index in [0.717, 1.165) is 22.4 Å². The zero-order valence-electron chi connectivity index (χ0n) is 9.32. The van der Waals surface area contributed by atoms with Crippen molar-refractivity contribution in [3.8, 4) is 0 Å². The van der Waals surface area contributed by atoms with Crippen molar-refractivity contribution in [3.63, 3.8) is 0 Å². The number of hydrogen-bond acceptors (Lipinski definition) is 4. The molecule has 3 nitrogen and oxygen atoms in total. The molecule has 1 atom stereocenters. The van der Waals surface area contributed by atoms with Gasteiger partial charge in [-0.3, -0.25) is 0 Å². The van der Waals surface area contributed by atoms with Crippen molar-refractivity contribution in [1.82, 2.24) is 4.98 Å². The number of rotatable bonds is 2. The van der Waals surface area contributed by atoms with Crippen molar-refractivity contribution < 1.29 is 0 Å². The van der Waals surface area contributed by atoms with Crippen LogP contribution in [0.5, 0.6) is 0 Å². The highest BCUT2D eigenvalue weighted by atomic mass is 79.9. The summed E-state index contributed by atoms with van der Waals surface area (Å²) in [6.45, 7) is 3.85. The van der Waals surface area contributed by atoms with Crippen molar-refractivity contribution in [2.24, 2.45) is 5.73 Å². The van der Waals surface area contributed by atoms with Gasteiger partial charge in [-0.05, 0) is 28.9 Å². The molecule has 0 radical (unpaired) electrons. The molecule has 1 fully saturated rings. The number of aromatic nitrogens is 1. The van der Waals surface area contributed by atoms with Gasteiger partial charge in [0.05, 0.1) is 0 Å². The van der Waals surface area contributed by atoms with Crippen LogP contribution < -0.4 is 10.6 Å². The summed E-state index contributed by atoms with van der Waals surface area (Å²) < 4.78 is 0.996. The van der Waals surface area contributed by atoms with Gasteiger partial charge in [0.25, 0.3) is 0 Å². The Bertz CT molecular complexity index is 372. The zero-order chi connectivity index (χ0) is 11.5. The Kier molecular flexibility index (Phi) is 4.10. The highest BCUT2D eigenvalue weighted by Crippen LogP contribution is 2.26. The zero-order valence-corrected chi connectivity index (χ0v) is 11.7. The van der Waals surface area contributed by atoms with Crippen molar-refractivity contribution >= 4 is 33.5 Å². The monoisotopic (exact) mass is 301 g/mol. The summed E-state index contributed by atoms with van der Waals surface area (Å²) >= 11 is 5.44. The summed E-state index contributed by atoms with van der Waals surface area (Å²) in [6, 6.07) is 2.61. The first-order chi connectivity index (χ1) is 7.72. The lowest BCUT2D eigenvalue weighted by Crippen LogP contribution is -2.41. The average molecular weight is 302 g/mol. The van der Waals surface area contributed by atoms with Crippen LogP contribution in [-0.2, 0) is 6.54 Å². The molecule has 0 amide bonds. The Hall–Kier alpha value is -0.260. The first-order valence-electron chi connectivity index (χ1n) is 5.41. The summed E-state index contributed by atoms with van der Waals surface area (Å²) in [4.78, 5) is 6.88. The molecule has 2 N–H and O–H groups in total. The van der Waals surface area contributed by atoms with E-state index in [4.69, 9.17) is 5.73 Å². The number of thioether (sulfide) groups is 1. The van der Waals surface area contributed by atoms with Gasteiger partial charge >= 0.3 is 0 Å². The fraction of sp³-hybridized carbons (Fsp3) is 0.545. The second-order valence-electron chi connectivity index (χ2n) is 3.96. The van der Waals surface area contributed by atoms with Crippen LogP contribution in [0.4, 0.5) is 5.82 Å². The largest absolute Gasteiger partial charge is 0.352 e. The minimum atomic E-state index is 0.540. The molecule has 0 saturated carbocycles. The van der Waals surface area contributed by atoms with Gasteiger partial charge in [-0.2, -0.15) is 11.8 Å². The minimum Gasteiger partial charge on any atom is -0.352 e. The molecule has 1 unspecified atom stereocenters. The lowest BCUT2D eigenvalue weighted by atomic mass is 10.2. The van der Waals surface area contributed by atoms with Crippen LogP contribution in [0.25, 0.3) is 0 Å². The number of nitrogens with zero attached hydrogens (tertiary/aromatic N) is 2. The maximum atomic E-state index is 5.78. The van der Waals surface area contributed by atoms with Crippen molar-refractivity contribution in [1.29, 1.82) is 0 Å². The third-order valence-electron chi connectivity index (χ3n) is 2.77. The van der Waals surface area contributed by atoms with Crippen LogP contribution in [0, 0.1) is 0 Å².